The number of nitrogens with one attached hydrogen (secondary N) is 1. The Labute approximate surface area is 174 Å². The average Bonchev–Trinajstić information content (AvgIpc) is 3.29. The van der Waals surface area contributed by atoms with Gasteiger partial charge in [-0.2, -0.15) is 18.3 Å². The predicted molar refractivity (Wildman–Crippen MR) is 103 cm³/mol. The monoisotopic (exact) mass is 443 g/mol. The summed E-state index contributed by atoms with van der Waals surface area (Å²) in [7, 11) is 0. The number of ketones is 1. The largest absolute Gasteiger partial charge is 0.462 e. The predicted octanol–water partition coefficient (Wildman–Crippen LogP) is 4.17. The van der Waals surface area contributed by atoms with E-state index in [1.165, 1.54) is 6.92 Å². The number of carbonyl (C=O) groups is 3. The molecule has 30 heavy (non-hydrogen) atoms. The topological polar surface area (TPSA) is 90.3 Å². The maximum absolute atomic E-state index is 13.0. The normalized spacial score (nSPS) is 13.9. The first kappa shape index (κ1) is 22.0. The Morgan fingerprint density at radius 2 is 2.00 bits per heavy atom. The van der Waals surface area contributed by atoms with Crippen LogP contribution >= 0.6 is 11.3 Å². The van der Waals surface area contributed by atoms with E-state index in [9.17, 15) is 27.6 Å². The van der Waals surface area contributed by atoms with Crippen LogP contribution in [-0.4, -0.2) is 34.0 Å². The highest BCUT2D eigenvalue weighted by Crippen LogP contribution is 2.42. The highest BCUT2D eigenvalue weighted by atomic mass is 32.1. The Bertz CT molecular complexity index is 1010. The van der Waals surface area contributed by atoms with Crippen LogP contribution in [0.2, 0.25) is 0 Å². The zero-order chi connectivity index (χ0) is 22.2. The van der Waals surface area contributed by atoms with Gasteiger partial charge in [0.15, 0.2) is 11.5 Å². The van der Waals surface area contributed by atoms with E-state index >= 15 is 0 Å². The lowest BCUT2D eigenvalue weighted by Crippen LogP contribution is -2.22. The zero-order valence-electron chi connectivity index (χ0n) is 16.6. The SMILES string of the molecule is CCOC(=O)c1c(NC(=O)Cn2nc(C(F)(F)F)cc2C2CC2)sc(C(C)=O)c1C. The molecular formula is C19H20F3N3O4S. The fraction of sp³-hybridized carbons (Fsp3) is 0.474. The van der Waals surface area contributed by atoms with Crippen LogP contribution in [0.3, 0.4) is 0 Å². The van der Waals surface area contributed by atoms with Crippen molar-refractivity contribution in [3.8, 4) is 0 Å². The van der Waals surface area contributed by atoms with Crippen LogP contribution in [0, 0.1) is 6.92 Å². The van der Waals surface area contributed by atoms with Crippen LogP contribution in [0.15, 0.2) is 6.07 Å². The maximum Gasteiger partial charge on any atom is 0.435 e. The summed E-state index contributed by atoms with van der Waals surface area (Å²) in [5, 5.41) is 6.21. The molecule has 2 aromatic heterocycles. The van der Waals surface area contributed by atoms with Gasteiger partial charge in [0.05, 0.1) is 17.0 Å². The number of thiophene rings is 1. The van der Waals surface area contributed by atoms with Gasteiger partial charge in [-0.15, -0.1) is 11.3 Å². The van der Waals surface area contributed by atoms with Crippen molar-refractivity contribution in [1.29, 1.82) is 0 Å². The fourth-order valence-electron chi connectivity index (χ4n) is 3.09. The summed E-state index contributed by atoms with van der Waals surface area (Å²) in [4.78, 5) is 37.0. The van der Waals surface area contributed by atoms with Crippen LogP contribution in [0.4, 0.5) is 18.2 Å². The van der Waals surface area contributed by atoms with Gasteiger partial charge in [0, 0.05) is 11.6 Å². The van der Waals surface area contributed by atoms with E-state index in [1.807, 2.05) is 0 Å². The van der Waals surface area contributed by atoms with Gasteiger partial charge in [0.1, 0.15) is 11.5 Å². The molecule has 0 saturated heterocycles. The first-order chi connectivity index (χ1) is 14.0. The molecule has 11 heteroatoms. The van der Waals surface area contributed by atoms with Crippen molar-refractivity contribution in [3.05, 3.63) is 33.5 Å². The standard InChI is InChI=1S/C19H20F3N3O4S/c1-4-29-18(28)15-9(2)16(10(3)26)30-17(15)23-14(27)8-25-12(11-5-6-11)7-13(24-25)19(20,21)22/h7,11H,4-6,8H2,1-3H3,(H,23,27). The Hall–Kier alpha value is -2.69. The third kappa shape index (κ3) is 4.55. The molecule has 0 radical (unpaired) electrons. The Balaban J connectivity index is 1.86. The molecule has 162 valence electrons. The Kier molecular flexibility index (Phi) is 6.02. The van der Waals surface area contributed by atoms with E-state index < -0.39 is 30.3 Å². The van der Waals surface area contributed by atoms with Gasteiger partial charge < -0.3 is 10.1 Å². The number of ether oxygens (including phenoxy) is 1. The molecule has 7 nitrogen and oxygen atoms in total. The minimum atomic E-state index is -4.61. The van der Waals surface area contributed by atoms with E-state index in [0.29, 0.717) is 16.1 Å². The number of rotatable bonds is 7. The van der Waals surface area contributed by atoms with Crippen molar-refractivity contribution in [2.45, 2.75) is 52.3 Å². The molecule has 1 fully saturated rings. The summed E-state index contributed by atoms with van der Waals surface area (Å²) in [6.45, 7) is 4.19. The van der Waals surface area contributed by atoms with Crippen molar-refractivity contribution < 1.29 is 32.3 Å². The molecule has 2 heterocycles. The molecule has 1 aliphatic carbocycles. The number of esters is 1. The van der Waals surface area contributed by atoms with Crippen molar-refractivity contribution in [2.24, 2.45) is 0 Å². The summed E-state index contributed by atoms with van der Waals surface area (Å²) in [6, 6.07) is 0.970. The number of aromatic nitrogens is 2. The number of alkyl halides is 3. The molecule has 0 bridgehead atoms. The molecule has 0 atom stereocenters. The second kappa shape index (κ2) is 8.21. The molecule has 1 saturated carbocycles. The lowest BCUT2D eigenvalue weighted by atomic mass is 10.1. The van der Waals surface area contributed by atoms with E-state index in [4.69, 9.17) is 4.74 Å². The molecule has 0 spiro atoms. The second-order valence-electron chi connectivity index (χ2n) is 6.97. The van der Waals surface area contributed by atoms with Gasteiger partial charge in [0.2, 0.25) is 5.91 Å². The molecule has 1 amide bonds. The van der Waals surface area contributed by atoms with Gasteiger partial charge in [-0.25, -0.2) is 4.79 Å². The minimum Gasteiger partial charge on any atom is -0.462 e. The summed E-state index contributed by atoms with van der Waals surface area (Å²) >= 11 is 0.928. The smallest absolute Gasteiger partial charge is 0.435 e. The molecular weight excluding hydrogens is 423 g/mol. The van der Waals surface area contributed by atoms with Crippen molar-refractivity contribution in [3.63, 3.8) is 0 Å². The van der Waals surface area contributed by atoms with Gasteiger partial charge >= 0.3 is 12.1 Å². The number of carbonyl (C=O) groups excluding carboxylic acids is 3. The average molecular weight is 443 g/mol. The summed E-state index contributed by atoms with van der Waals surface area (Å²) in [5.41, 5.74) is -0.234. The molecule has 2 aromatic rings. The van der Waals surface area contributed by atoms with Gasteiger partial charge in [-0.3, -0.25) is 14.3 Å². The Morgan fingerprint density at radius 3 is 2.53 bits per heavy atom. The molecule has 1 N–H and O–H groups in total. The van der Waals surface area contributed by atoms with E-state index in [-0.39, 0.29) is 28.9 Å². The van der Waals surface area contributed by atoms with E-state index in [2.05, 4.69) is 10.4 Å². The van der Waals surface area contributed by atoms with Crippen molar-refractivity contribution >= 4 is 34.0 Å². The van der Waals surface area contributed by atoms with Crippen LogP contribution < -0.4 is 5.32 Å². The third-order valence-electron chi connectivity index (χ3n) is 4.59. The van der Waals surface area contributed by atoms with Gasteiger partial charge in [-0.1, -0.05) is 0 Å². The molecule has 0 aromatic carbocycles. The highest BCUT2D eigenvalue weighted by molar-refractivity contribution is 7.18. The summed E-state index contributed by atoms with van der Waals surface area (Å²) < 4.78 is 45.1. The lowest BCUT2D eigenvalue weighted by molar-refractivity contribution is -0.141. The number of Topliss-reactive ketones (excluding diaryl/α,β-unsaturated/α-hetero) is 1. The molecule has 3 rings (SSSR count). The third-order valence-corrected chi connectivity index (χ3v) is 5.90. The van der Waals surface area contributed by atoms with Crippen LogP contribution in [0.25, 0.3) is 0 Å². The number of anilines is 1. The number of halogens is 3. The quantitative estimate of drug-likeness (QED) is 0.513. The summed E-state index contributed by atoms with van der Waals surface area (Å²) in [5.74, 6) is -1.67. The number of hydrogen-bond donors (Lipinski definition) is 1. The Morgan fingerprint density at radius 1 is 1.33 bits per heavy atom. The number of nitrogens with zero attached hydrogens (tertiary/aromatic N) is 2. The van der Waals surface area contributed by atoms with Crippen molar-refractivity contribution in [1.82, 2.24) is 9.78 Å². The van der Waals surface area contributed by atoms with Gasteiger partial charge in [-0.05, 0) is 45.2 Å². The minimum absolute atomic E-state index is 0.0511. The first-order valence-electron chi connectivity index (χ1n) is 9.29. The molecule has 1 aliphatic rings. The maximum atomic E-state index is 13.0. The van der Waals surface area contributed by atoms with Crippen molar-refractivity contribution in [2.75, 3.05) is 11.9 Å². The zero-order valence-corrected chi connectivity index (χ0v) is 17.4. The van der Waals surface area contributed by atoms with E-state index in [0.717, 1.165) is 34.9 Å². The molecule has 0 unspecified atom stereocenters. The first-order valence-corrected chi connectivity index (χ1v) is 10.1. The van der Waals surface area contributed by atoms with Gasteiger partial charge in [0.25, 0.3) is 0 Å². The molecule has 0 aliphatic heterocycles. The van der Waals surface area contributed by atoms with E-state index in [1.54, 1.807) is 13.8 Å². The summed E-state index contributed by atoms with van der Waals surface area (Å²) in [6.07, 6.45) is -3.13. The highest BCUT2D eigenvalue weighted by Gasteiger charge is 2.38. The van der Waals surface area contributed by atoms with Crippen LogP contribution in [0.1, 0.15) is 69.6 Å². The second-order valence-corrected chi connectivity index (χ2v) is 7.99. The number of amides is 1. The lowest BCUT2D eigenvalue weighted by Gasteiger charge is -2.09. The number of hydrogen-bond acceptors (Lipinski definition) is 6. The van der Waals surface area contributed by atoms with Crippen LogP contribution in [-0.2, 0) is 22.3 Å². The van der Waals surface area contributed by atoms with Crippen LogP contribution in [0.5, 0.6) is 0 Å². The fourth-order valence-corrected chi connectivity index (χ4v) is 4.20.